The number of nitrogens with zero attached hydrogens (tertiary/aromatic N) is 4. The zero-order chi connectivity index (χ0) is 44.8. The Morgan fingerprint density at radius 1 is 0.778 bits per heavy atom. The first-order chi connectivity index (χ1) is 30.1. The molecule has 2 aliphatic heterocycles. The van der Waals surface area contributed by atoms with Gasteiger partial charge in [0, 0.05) is 18.7 Å². The van der Waals surface area contributed by atoms with Crippen molar-refractivity contribution in [2.75, 3.05) is 33.9 Å². The van der Waals surface area contributed by atoms with Gasteiger partial charge in [0.15, 0.2) is 0 Å². The highest BCUT2D eigenvalue weighted by Crippen LogP contribution is 2.58. The first-order valence-electron chi connectivity index (χ1n) is 21.8. The predicted octanol–water partition coefficient (Wildman–Crippen LogP) is 7.34. The fourth-order valence-corrected chi connectivity index (χ4v) is 9.28. The van der Waals surface area contributed by atoms with Gasteiger partial charge in [-0.05, 0) is 94.5 Å². The molecule has 332 valence electrons. The molecule has 4 amide bonds. The van der Waals surface area contributed by atoms with Gasteiger partial charge in [-0.1, -0.05) is 83.1 Å². The van der Waals surface area contributed by atoms with Crippen LogP contribution in [0.1, 0.15) is 84.0 Å². The summed E-state index contributed by atoms with van der Waals surface area (Å²) < 4.78 is 9.66. The largest absolute Gasteiger partial charge is 0.453 e. The van der Waals surface area contributed by atoms with Crippen LogP contribution in [0.5, 0.6) is 0 Å². The van der Waals surface area contributed by atoms with Crippen LogP contribution in [0.3, 0.4) is 0 Å². The van der Waals surface area contributed by atoms with Crippen molar-refractivity contribution in [3.05, 3.63) is 84.7 Å². The van der Waals surface area contributed by atoms with Gasteiger partial charge in [-0.25, -0.2) is 19.6 Å². The van der Waals surface area contributed by atoms with Crippen LogP contribution in [0.2, 0.25) is 0 Å². The van der Waals surface area contributed by atoms with Crippen molar-refractivity contribution < 1.29 is 28.7 Å². The quantitative estimate of drug-likeness (QED) is 0.0902. The number of nitrogens with one attached hydrogen (secondary N) is 4. The Hall–Kier alpha value is -6.22. The van der Waals surface area contributed by atoms with Gasteiger partial charge in [-0.2, -0.15) is 0 Å². The highest BCUT2D eigenvalue weighted by molar-refractivity contribution is 5.91. The monoisotopic (exact) mass is 857 g/mol. The van der Waals surface area contributed by atoms with Crippen LogP contribution < -0.4 is 16.4 Å². The lowest BCUT2D eigenvalue weighted by molar-refractivity contribution is -0.137. The highest BCUT2D eigenvalue weighted by Gasteiger charge is 2.55. The number of likely N-dealkylation sites (tertiary alicyclic amines) is 2. The number of amides is 4. The molecule has 3 fully saturated rings. The number of nitrogens with two attached hydrogens (primary N) is 1. The Morgan fingerprint density at radius 3 is 1.92 bits per heavy atom. The van der Waals surface area contributed by atoms with Crippen molar-refractivity contribution >= 4 is 34.8 Å². The van der Waals surface area contributed by atoms with Crippen molar-refractivity contribution in [3.8, 4) is 33.6 Å². The molecule has 3 aromatic carbocycles. The van der Waals surface area contributed by atoms with Gasteiger partial charge >= 0.3 is 12.2 Å². The number of aromatic amines is 2. The standard InChI is InChI=1S/C48H59N9O6/c1-27(2)39(54-45(60)62-6)43(58)57-26-48(16-17-48)21-38(57)42-51-24-36(53-42)34-15-14-32-19-31(12-13-33(32)20-34)29-8-10-30(11-9-29)35-23-50-41(52-35)37-18-28(22-49)25-56(37)44(59)40(47(3,4)5)55-46(61)63-7/h8-15,19-20,23-24,27-28,37-40H,16-18,21-22,25-26,49H2,1-7H3,(H,50,52)(H,51,53)(H,54,60)(H,55,61)/t28-,37+,38+,39+,40-/m1/s1. The number of carbonyl (C=O) groups is 4. The molecule has 3 aliphatic rings. The number of rotatable bonds is 11. The molecule has 15 heteroatoms. The van der Waals surface area contributed by atoms with Crippen LogP contribution in [-0.4, -0.2) is 99.7 Å². The Bertz CT molecular complexity index is 2500. The molecular weight excluding hydrogens is 799 g/mol. The number of alkyl carbamates (subject to hydrolysis) is 2. The van der Waals surface area contributed by atoms with Crippen molar-refractivity contribution in [3.63, 3.8) is 0 Å². The van der Waals surface area contributed by atoms with E-state index in [4.69, 9.17) is 25.2 Å². The fourth-order valence-electron chi connectivity index (χ4n) is 9.28. The van der Waals surface area contributed by atoms with E-state index in [-0.39, 0.29) is 41.1 Å². The van der Waals surface area contributed by atoms with Crippen LogP contribution in [0.4, 0.5) is 9.59 Å². The lowest BCUT2D eigenvalue weighted by Crippen LogP contribution is -2.54. The van der Waals surface area contributed by atoms with Gasteiger partial charge in [0.25, 0.3) is 0 Å². The molecule has 4 heterocycles. The van der Waals surface area contributed by atoms with E-state index < -0.39 is 29.7 Å². The summed E-state index contributed by atoms with van der Waals surface area (Å²) in [5.41, 5.74) is 11.5. The van der Waals surface area contributed by atoms with E-state index in [9.17, 15) is 19.2 Å². The third-order valence-corrected chi connectivity index (χ3v) is 13.2. The molecule has 5 atom stereocenters. The minimum absolute atomic E-state index is 0.0988. The second kappa shape index (κ2) is 17.2. The number of hydrogen-bond donors (Lipinski definition) is 5. The molecule has 1 saturated carbocycles. The molecular formula is C48H59N9O6. The van der Waals surface area contributed by atoms with E-state index in [1.54, 1.807) is 11.1 Å². The number of aromatic nitrogens is 4. The smallest absolute Gasteiger partial charge is 0.407 e. The maximum absolute atomic E-state index is 14.0. The number of carbonyl (C=O) groups excluding carboxylic acids is 4. The number of fused-ring (bicyclic) bond motifs is 1. The van der Waals surface area contributed by atoms with Gasteiger partial charge in [-0.15, -0.1) is 0 Å². The van der Waals surface area contributed by atoms with Gasteiger partial charge < -0.3 is 45.6 Å². The van der Waals surface area contributed by atoms with E-state index in [1.807, 2.05) is 45.7 Å². The summed E-state index contributed by atoms with van der Waals surface area (Å²) in [5, 5.41) is 7.68. The maximum Gasteiger partial charge on any atom is 0.407 e. The molecule has 6 N–H and O–H groups in total. The van der Waals surface area contributed by atoms with E-state index in [0.717, 1.165) is 69.5 Å². The molecule has 8 rings (SSSR count). The van der Waals surface area contributed by atoms with Crippen LogP contribution >= 0.6 is 0 Å². The van der Waals surface area contributed by atoms with E-state index >= 15 is 0 Å². The predicted molar refractivity (Wildman–Crippen MR) is 240 cm³/mol. The number of hydrogen-bond acceptors (Lipinski definition) is 9. The summed E-state index contributed by atoms with van der Waals surface area (Å²) in [6.07, 6.45) is 6.04. The average molecular weight is 858 g/mol. The first kappa shape index (κ1) is 43.4. The van der Waals surface area contributed by atoms with Crippen LogP contribution in [0, 0.1) is 22.7 Å². The Balaban J connectivity index is 0.964. The topological polar surface area (TPSA) is 201 Å². The van der Waals surface area contributed by atoms with Gasteiger partial charge in [0.1, 0.15) is 23.7 Å². The second-order valence-corrected chi connectivity index (χ2v) is 19.0. The van der Waals surface area contributed by atoms with Crippen LogP contribution in [-0.2, 0) is 19.1 Å². The average Bonchev–Trinajstić information content (AvgIpc) is 3.78. The van der Waals surface area contributed by atoms with Gasteiger partial charge in [0.2, 0.25) is 11.8 Å². The van der Waals surface area contributed by atoms with E-state index in [1.165, 1.54) is 14.2 Å². The zero-order valence-corrected chi connectivity index (χ0v) is 37.2. The summed E-state index contributed by atoms with van der Waals surface area (Å²) in [5.74, 6) is 1.11. The molecule has 1 spiro atoms. The molecule has 5 aromatic rings. The normalized spacial score (nSPS) is 20.2. The SMILES string of the molecule is COC(=O)N[C@H](C(=O)N1CC2(CC2)C[C@H]1c1ncc(-c2ccc3cc(-c4ccc(-c5cnc([C@@H]6C[C@H](CN)CN6C(=O)[C@@H](NC(=O)OC)C(C)(C)C)[nH]5)cc4)ccc3c2)[nH]1)C(C)C. The molecule has 1 aliphatic carbocycles. The number of methoxy groups -OCH3 is 2. The van der Waals surface area contributed by atoms with Crippen molar-refractivity contribution in [1.82, 2.24) is 40.4 Å². The van der Waals surface area contributed by atoms with E-state index in [2.05, 4.69) is 81.3 Å². The lowest BCUT2D eigenvalue weighted by Gasteiger charge is -2.35. The zero-order valence-electron chi connectivity index (χ0n) is 37.2. The third kappa shape index (κ3) is 8.88. The van der Waals surface area contributed by atoms with Crippen LogP contribution in [0.25, 0.3) is 44.4 Å². The van der Waals surface area contributed by atoms with E-state index in [0.29, 0.717) is 31.9 Å². The molecule has 0 bridgehead atoms. The second-order valence-electron chi connectivity index (χ2n) is 19.0. The molecule has 63 heavy (non-hydrogen) atoms. The maximum atomic E-state index is 14.0. The fraction of sp³-hybridized carbons (Fsp3) is 0.458. The molecule has 2 aromatic heterocycles. The minimum Gasteiger partial charge on any atom is -0.453 e. The molecule has 0 radical (unpaired) electrons. The summed E-state index contributed by atoms with van der Waals surface area (Å²) in [7, 11) is 2.59. The first-order valence-corrected chi connectivity index (χ1v) is 21.8. The summed E-state index contributed by atoms with van der Waals surface area (Å²) in [6, 6.07) is 19.1. The minimum atomic E-state index is -0.792. The number of H-pyrrole nitrogens is 2. The summed E-state index contributed by atoms with van der Waals surface area (Å²) in [4.78, 5) is 72.5. The lowest BCUT2D eigenvalue weighted by atomic mass is 9.85. The molecule has 0 unspecified atom stereocenters. The van der Waals surface area contributed by atoms with Gasteiger partial charge in [-0.3, -0.25) is 9.59 Å². The van der Waals surface area contributed by atoms with Crippen molar-refractivity contribution in [2.24, 2.45) is 28.4 Å². The summed E-state index contributed by atoms with van der Waals surface area (Å²) in [6.45, 7) is 11.1. The summed E-state index contributed by atoms with van der Waals surface area (Å²) >= 11 is 0. The highest BCUT2D eigenvalue weighted by atomic mass is 16.5. The Kier molecular flexibility index (Phi) is 11.8. The Labute approximate surface area is 367 Å². The Morgan fingerprint density at radius 2 is 1.33 bits per heavy atom. The van der Waals surface area contributed by atoms with Crippen LogP contribution in [0.15, 0.2) is 73.1 Å². The molecule has 15 nitrogen and oxygen atoms in total. The number of imidazole rings is 2. The van der Waals surface area contributed by atoms with Crippen molar-refractivity contribution in [1.29, 1.82) is 0 Å². The number of benzene rings is 3. The third-order valence-electron chi connectivity index (χ3n) is 13.2. The number of ether oxygens (including phenoxy) is 2. The van der Waals surface area contributed by atoms with Crippen molar-refractivity contribution in [2.45, 2.75) is 84.5 Å². The molecule has 2 saturated heterocycles. The van der Waals surface area contributed by atoms with Gasteiger partial charge in [0.05, 0.1) is 50.1 Å².